The van der Waals surface area contributed by atoms with E-state index >= 15 is 0 Å². The molecule has 0 atom stereocenters. The summed E-state index contributed by atoms with van der Waals surface area (Å²) in [5, 5.41) is 0.0149. The third-order valence-corrected chi connectivity index (χ3v) is 3.07. The van der Waals surface area contributed by atoms with Crippen molar-refractivity contribution in [3.63, 3.8) is 0 Å². The molecule has 0 aliphatic heterocycles. The summed E-state index contributed by atoms with van der Waals surface area (Å²) in [5.74, 6) is 0. The number of halogens is 3. The van der Waals surface area contributed by atoms with Crippen LogP contribution in [-0.2, 0) is 0 Å². The molecule has 0 radical (unpaired) electrons. The van der Waals surface area contributed by atoms with Gasteiger partial charge in [-0.05, 0) is 24.0 Å². The summed E-state index contributed by atoms with van der Waals surface area (Å²) in [4.78, 5) is 4.67. The number of H-pyrrole nitrogens is 2. The molecule has 0 unspecified atom stereocenters. The van der Waals surface area contributed by atoms with E-state index in [1.54, 1.807) is 0 Å². The number of hydrogen-bond acceptors (Lipinski definition) is 4. The number of alkyl halides is 3. The predicted molar refractivity (Wildman–Crippen MR) is 56.0 cm³/mol. The molecule has 1 aromatic rings. The molecule has 0 amide bonds. The van der Waals surface area contributed by atoms with Crippen LogP contribution < -0.4 is 0 Å². The topological polar surface area (TPSA) is 31.6 Å². The van der Waals surface area contributed by atoms with Crippen LogP contribution in [0.2, 0.25) is 0 Å². The molecule has 0 saturated heterocycles. The van der Waals surface area contributed by atoms with Crippen LogP contribution in [0.1, 0.15) is 0 Å². The molecule has 0 spiro atoms. The summed E-state index contributed by atoms with van der Waals surface area (Å²) in [6, 6.07) is 0. The summed E-state index contributed by atoms with van der Waals surface area (Å²) in [7, 11) is 0. The minimum absolute atomic E-state index is 0.0149. The molecule has 0 saturated carbocycles. The lowest BCUT2D eigenvalue weighted by atomic mass is 10.7. The number of rotatable bonds is 1. The number of aromatic amines is 2. The zero-order valence-corrected chi connectivity index (χ0v) is 9.65. The molecule has 2 nitrogen and oxygen atoms in total. The quantitative estimate of drug-likeness (QED) is 0.316. The lowest BCUT2D eigenvalue weighted by Crippen LogP contribution is -2.01. The van der Waals surface area contributed by atoms with Crippen LogP contribution in [0, 0.1) is 9.41 Å². The van der Waals surface area contributed by atoms with Crippen LogP contribution in [0.4, 0.5) is 13.2 Å². The van der Waals surface area contributed by atoms with Crippen molar-refractivity contribution >= 4 is 48.8 Å². The number of hydrogen-bond donors (Lipinski definition) is 3. The highest BCUT2D eigenvalue weighted by atomic mass is 32.2. The van der Waals surface area contributed by atoms with Crippen molar-refractivity contribution in [2.75, 3.05) is 0 Å². The SMILES string of the molecule is FC(F)(F)Sc1c(S)[nH]c(=S)[nH]c1=S. The Hall–Kier alpha value is 0.01000. The first-order valence-electron chi connectivity index (χ1n) is 3.11. The Bertz CT molecular complexity index is 446. The number of aromatic nitrogens is 2. The van der Waals surface area contributed by atoms with Crippen molar-refractivity contribution in [2.45, 2.75) is 15.4 Å². The molecule has 0 aliphatic carbocycles. The van der Waals surface area contributed by atoms with Crippen molar-refractivity contribution < 1.29 is 13.2 Å². The number of nitrogens with one attached hydrogen (secondary N) is 2. The maximum absolute atomic E-state index is 12.0. The second-order valence-corrected chi connectivity index (χ2v) is 4.47. The zero-order chi connectivity index (χ0) is 10.9. The largest absolute Gasteiger partial charge is 0.446 e. The summed E-state index contributed by atoms with van der Waals surface area (Å²) in [6.45, 7) is 0. The van der Waals surface area contributed by atoms with Crippen LogP contribution in [-0.4, -0.2) is 15.5 Å². The molecule has 14 heavy (non-hydrogen) atoms. The molecular weight excluding hydrogens is 273 g/mol. The Labute approximate surface area is 96.7 Å². The van der Waals surface area contributed by atoms with Gasteiger partial charge in [-0.25, -0.2) is 0 Å². The van der Waals surface area contributed by atoms with E-state index in [0.717, 1.165) is 0 Å². The van der Waals surface area contributed by atoms with Gasteiger partial charge < -0.3 is 9.97 Å². The van der Waals surface area contributed by atoms with Crippen molar-refractivity contribution in [3.8, 4) is 0 Å². The first-order chi connectivity index (χ1) is 6.29. The molecule has 1 aromatic heterocycles. The minimum atomic E-state index is -4.39. The maximum Gasteiger partial charge on any atom is 0.446 e. The normalized spacial score (nSPS) is 11.7. The van der Waals surface area contributed by atoms with E-state index in [2.05, 4.69) is 47.0 Å². The third-order valence-electron chi connectivity index (χ3n) is 1.10. The van der Waals surface area contributed by atoms with Gasteiger partial charge in [0.25, 0.3) is 0 Å². The highest BCUT2D eigenvalue weighted by Crippen LogP contribution is 2.39. The van der Waals surface area contributed by atoms with E-state index in [1.165, 1.54) is 0 Å². The Kier molecular flexibility index (Phi) is 3.67. The molecule has 0 aromatic carbocycles. The number of thioether (sulfide) groups is 1. The van der Waals surface area contributed by atoms with E-state index in [9.17, 15) is 13.2 Å². The summed E-state index contributed by atoms with van der Waals surface area (Å²) in [5.41, 5.74) is -4.39. The standard InChI is InChI=1S/C5H3F3N2S4/c6-5(7,8)14-1-2(11)9-4(13)10-3(1)12/h(H3,9,10,11,12,13). The fraction of sp³-hybridized carbons (Fsp3) is 0.200. The number of thiol groups is 1. The minimum Gasteiger partial charge on any atom is -0.326 e. The van der Waals surface area contributed by atoms with Crippen molar-refractivity contribution in [1.29, 1.82) is 0 Å². The van der Waals surface area contributed by atoms with Gasteiger partial charge in [0.1, 0.15) is 4.64 Å². The molecule has 9 heteroatoms. The smallest absolute Gasteiger partial charge is 0.326 e. The molecule has 78 valence electrons. The Morgan fingerprint density at radius 2 is 1.79 bits per heavy atom. The van der Waals surface area contributed by atoms with E-state index in [0.29, 0.717) is 0 Å². The van der Waals surface area contributed by atoms with Crippen LogP contribution in [0.15, 0.2) is 9.92 Å². The lowest BCUT2D eigenvalue weighted by Gasteiger charge is -2.07. The van der Waals surface area contributed by atoms with Crippen molar-refractivity contribution in [3.05, 3.63) is 9.41 Å². The van der Waals surface area contributed by atoms with Gasteiger partial charge in [0.2, 0.25) is 0 Å². The van der Waals surface area contributed by atoms with E-state index in [1.807, 2.05) is 0 Å². The van der Waals surface area contributed by atoms with Gasteiger partial charge in [0.15, 0.2) is 4.77 Å². The van der Waals surface area contributed by atoms with E-state index in [4.69, 9.17) is 0 Å². The van der Waals surface area contributed by atoms with E-state index in [-0.39, 0.29) is 31.1 Å². The molecule has 1 rings (SSSR count). The van der Waals surface area contributed by atoms with Crippen molar-refractivity contribution in [2.24, 2.45) is 0 Å². The monoisotopic (exact) mass is 276 g/mol. The highest BCUT2D eigenvalue weighted by Gasteiger charge is 2.31. The van der Waals surface area contributed by atoms with E-state index < -0.39 is 5.51 Å². The Morgan fingerprint density at radius 1 is 1.21 bits per heavy atom. The highest BCUT2D eigenvalue weighted by molar-refractivity contribution is 8.00. The van der Waals surface area contributed by atoms with Gasteiger partial charge in [-0.3, -0.25) is 0 Å². The second kappa shape index (κ2) is 4.25. The summed E-state index contributed by atoms with van der Waals surface area (Å²) in [6.07, 6.45) is 0. The fourth-order valence-corrected chi connectivity index (χ4v) is 2.31. The van der Waals surface area contributed by atoms with Gasteiger partial charge in [0, 0.05) is 0 Å². The Balaban J connectivity index is 3.23. The average molecular weight is 276 g/mol. The van der Waals surface area contributed by atoms with Gasteiger partial charge in [-0.15, -0.1) is 12.6 Å². The maximum atomic E-state index is 12.0. The third kappa shape index (κ3) is 3.30. The first kappa shape index (κ1) is 12.1. The van der Waals surface area contributed by atoms with Gasteiger partial charge in [-0.2, -0.15) is 13.2 Å². The summed E-state index contributed by atoms with van der Waals surface area (Å²) < 4.78 is 36.2. The van der Waals surface area contributed by atoms with Crippen LogP contribution in [0.5, 0.6) is 0 Å². The summed E-state index contributed by atoms with van der Waals surface area (Å²) >= 11 is 12.8. The van der Waals surface area contributed by atoms with Crippen molar-refractivity contribution in [1.82, 2.24) is 9.97 Å². The average Bonchev–Trinajstić information content (AvgIpc) is 1.95. The first-order valence-corrected chi connectivity index (χ1v) is 5.19. The molecule has 0 bridgehead atoms. The van der Waals surface area contributed by atoms with Gasteiger partial charge in [-0.1, -0.05) is 12.2 Å². The van der Waals surface area contributed by atoms with Gasteiger partial charge >= 0.3 is 5.51 Å². The van der Waals surface area contributed by atoms with Crippen LogP contribution in [0.3, 0.4) is 0 Å². The van der Waals surface area contributed by atoms with Crippen LogP contribution >= 0.6 is 48.8 Å². The molecule has 0 aliphatic rings. The Morgan fingerprint density at radius 3 is 2.21 bits per heavy atom. The molecule has 2 N–H and O–H groups in total. The molecular formula is C5H3F3N2S4. The molecule has 1 heterocycles. The fourth-order valence-electron chi connectivity index (χ4n) is 0.673. The zero-order valence-electron chi connectivity index (χ0n) is 6.31. The van der Waals surface area contributed by atoms with Crippen LogP contribution in [0.25, 0.3) is 0 Å². The lowest BCUT2D eigenvalue weighted by molar-refractivity contribution is -0.0329. The predicted octanol–water partition coefficient (Wildman–Crippen LogP) is 3.70. The van der Waals surface area contributed by atoms with Gasteiger partial charge in [0.05, 0.1) is 9.92 Å². The molecule has 0 fully saturated rings. The second-order valence-electron chi connectivity index (χ2n) is 2.13.